The molecule has 2 nitrogen and oxygen atoms in total. The predicted molar refractivity (Wildman–Crippen MR) is 112 cm³/mol. The Hall–Kier alpha value is -0.643. The van der Waals surface area contributed by atoms with E-state index in [1.54, 1.807) is 0 Å². The first-order valence-corrected chi connectivity index (χ1v) is 12.8. The van der Waals surface area contributed by atoms with Crippen molar-refractivity contribution in [1.82, 2.24) is 0 Å². The van der Waals surface area contributed by atoms with Crippen LogP contribution in [0.2, 0.25) is 13.1 Å². The largest absolute Gasteiger partial charge is 0.412 e. The summed E-state index contributed by atoms with van der Waals surface area (Å²) in [5, 5.41) is 1.41. The minimum atomic E-state index is -1.93. The van der Waals surface area contributed by atoms with Gasteiger partial charge in [-0.05, 0) is 62.4 Å². The van der Waals surface area contributed by atoms with E-state index in [1.807, 2.05) is 0 Å². The van der Waals surface area contributed by atoms with Gasteiger partial charge in [-0.15, -0.1) is 0 Å². The monoisotopic (exact) mass is 364 g/mol. The fraction of sp³-hybridized carbons (Fsp3) is 0.727. The molecular weight excluding hydrogens is 324 g/mol. The smallest absolute Gasteiger partial charge is 0.218 e. The highest BCUT2D eigenvalue weighted by Crippen LogP contribution is 2.35. The third-order valence-corrected chi connectivity index (χ3v) is 7.55. The standard InChI is InChI=1S/C22H40O2Si/c1-9-23-16-22(14-18(2)3,15-19(4)5)17-24-25(7,8)21-13-11-10-12-20(21)6/h10-13,18-19H,9,14-17H2,1-8H3. The van der Waals surface area contributed by atoms with Gasteiger partial charge in [-0.3, -0.25) is 0 Å². The van der Waals surface area contributed by atoms with Crippen molar-refractivity contribution in [2.75, 3.05) is 19.8 Å². The van der Waals surface area contributed by atoms with Crippen molar-refractivity contribution in [2.24, 2.45) is 17.3 Å². The van der Waals surface area contributed by atoms with Crippen molar-refractivity contribution in [2.45, 2.75) is 67.5 Å². The fourth-order valence-electron chi connectivity index (χ4n) is 4.07. The molecule has 0 atom stereocenters. The van der Waals surface area contributed by atoms with Crippen LogP contribution in [0.1, 0.15) is 53.0 Å². The van der Waals surface area contributed by atoms with Crippen LogP contribution in [-0.4, -0.2) is 28.1 Å². The Bertz CT molecular complexity index is 499. The normalized spacial score (nSPS) is 13.0. The minimum Gasteiger partial charge on any atom is -0.412 e. The second-order valence-electron chi connectivity index (χ2n) is 8.95. The van der Waals surface area contributed by atoms with E-state index in [0.29, 0.717) is 11.8 Å². The lowest BCUT2D eigenvalue weighted by Gasteiger charge is -2.39. The fourth-order valence-corrected chi connectivity index (χ4v) is 6.42. The molecule has 0 unspecified atom stereocenters. The molecule has 0 bridgehead atoms. The Labute approximate surface area is 157 Å². The number of hydrogen-bond donors (Lipinski definition) is 0. The van der Waals surface area contributed by atoms with Crippen LogP contribution in [0.15, 0.2) is 24.3 Å². The van der Waals surface area contributed by atoms with Crippen molar-refractivity contribution in [3.05, 3.63) is 29.8 Å². The van der Waals surface area contributed by atoms with Gasteiger partial charge in [0.15, 0.2) is 0 Å². The third kappa shape index (κ3) is 7.24. The molecular formula is C22H40O2Si. The van der Waals surface area contributed by atoms with Gasteiger partial charge in [-0.1, -0.05) is 52.0 Å². The van der Waals surface area contributed by atoms with Crippen LogP contribution >= 0.6 is 0 Å². The van der Waals surface area contributed by atoms with Gasteiger partial charge in [0, 0.05) is 18.6 Å². The Morgan fingerprint density at radius 2 is 1.52 bits per heavy atom. The summed E-state index contributed by atoms with van der Waals surface area (Å²) in [5.74, 6) is 1.29. The average Bonchev–Trinajstić information content (AvgIpc) is 2.50. The number of aryl methyl sites for hydroxylation is 1. The lowest BCUT2D eigenvalue weighted by atomic mass is 9.75. The van der Waals surface area contributed by atoms with E-state index in [0.717, 1.165) is 32.7 Å². The van der Waals surface area contributed by atoms with E-state index in [-0.39, 0.29) is 5.41 Å². The maximum absolute atomic E-state index is 6.72. The molecule has 0 aromatic heterocycles. The van der Waals surface area contributed by atoms with Crippen LogP contribution in [0, 0.1) is 24.2 Å². The van der Waals surface area contributed by atoms with E-state index in [9.17, 15) is 0 Å². The van der Waals surface area contributed by atoms with Crippen LogP contribution in [0.5, 0.6) is 0 Å². The van der Waals surface area contributed by atoms with Crippen molar-refractivity contribution in [1.29, 1.82) is 0 Å². The van der Waals surface area contributed by atoms with E-state index in [1.165, 1.54) is 10.8 Å². The van der Waals surface area contributed by atoms with E-state index in [2.05, 4.69) is 78.9 Å². The predicted octanol–water partition coefficient (Wildman–Crippen LogP) is 5.54. The lowest BCUT2D eigenvalue weighted by molar-refractivity contribution is -0.00958. The molecule has 1 rings (SSSR count). The molecule has 0 amide bonds. The van der Waals surface area contributed by atoms with Gasteiger partial charge in [-0.25, -0.2) is 0 Å². The molecule has 0 spiro atoms. The zero-order chi connectivity index (χ0) is 19.1. The Balaban J connectivity index is 3.00. The summed E-state index contributed by atoms with van der Waals surface area (Å²) < 4.78 is 12.7. The van der Waals surface area contributed by atoms with Crippen molar-refractivity contribution >= 4 is 13.5 Å². The average molecular weight is 365 g/mol. The molecule has 0 saturated heterocycles. The molecule has 1 aromatic carbocycles. The molecule has 0 radical (unpaired) electrons. The first-order chi connectivity index (χ1) is 11.6. The molecule has 0 aliphatic carbocycles. The summed E-state index contributed by atoms with van der Waals surface area (Å²) in [6.07, 6.45) is 2.31. The maximum atomic E-state index is 6.72. The van der Waals surface area contributed by atoms with Crippen molar-refractivity contribution in [3.8, 4) is 0 Å². The van der Waals surface area contributed by atoms with Crippen LogP contribution in [0.3, 0.4) is 0 Å². The van der Waals surface area contributed by atoms with Crippen molar-refractivity contribution < 1.29 is 9.16 Å². The Kier molecular flexibility index (Phi) is 8.86. The topological polar surface area (TPSA) is 18.5 Å². The Morgan fingerprint density at radius 3 is 2.00 bits per heavy atom. The molecule has 1 aromatic rings. The lowest BCUT2D eigenvalue weighted by Crippen LogP contribution is -2.49. The summed E-state index contributed by atoms with van der Waals surface area (Å²) in [7, 11) is -1.93. The molecule has 3 heteroatoms. The second-order valence-corrected chi connectivity index (χ2v) is 12.8. The zero-order valence-corrected chi connectivity index (χ0v) is 18.8. The summed E-state index contributed by atoms with van der Waals surface area (Å²) in [4.78, 5) is 0. The molecule has 0 fully saturated rings. The number of hydrogen-bond acceptors (Lipinski definition) is 2. The van der Waals surface area contributed by atoms with E-state index in [4.69, 9.17) is 9.16 Å². The van der Waals surface area contributed by atoms with Gasteiger partial charge in [-0.2, -0.15) is 0 Å². The highest BCUT2D eigenvalue weighted by Gasteiger charge is 2.36. The van der Waals surface area contributed by atoms with E-state index >= 15 is 0 Å². The quantitative estimate of drug-likeness (QED) is 0.480. The number of ether oxygens (including phenoxy) is 1. The summed E-state index contributed by atoms with van der Waals surface area (Å²) in [5.41, 5.74) is 1.47. The zero-order valence-electron chi connectivity index (χ0n) is 17.8. The molecule has 0 heterocycles. The minimum absolute atomic E-state index is 0.116. The van der Waals surface area contributed by atoms with Crippen LogP contribution in [-0.2, 0) is 9.16 Å². The Morgan fingerprint density at radius 1 is 0.960 bits per heavy atom. The molecule has 0 N–H and O–H groups in total. The van der Waals surface area contributed by atoms with Crippen molar-refractivity contribution in [3.63, 3.8) is 0 Å². The molecule has 0 aliphatic rings. The summed E-state index contributed by atoms with van der Waals surface area (Å²) in [6, 6.07) is 8.69. The maximum Gasteiger partial charge on any atom is 0.218 e. The van der Waals surface area contributed by atoms with Gasteiger partial charge in [0.1, 0.15) is 0 Å². The number of rotatable bonds is 11. The van der Waals surface area contributed by atoms with Crippen LogP contribution < -0.4 is 5.19 Å². The van der Waals surface area contributed by atoms with Gasteiger partial charge in [0.25, 0.3) is 0 Å². The first-order valence-electron chi connectivity index (χ1n) is 9.89. The summed E-state index contributed by atoms with van der Waals surface area (Å²) >= 11 is 0. The number of benzene rings is 1. The van der Waals surface area contributed by atoms with E-state index < -0.39 is 8.32 Å². The molecule has 25 heavy (non-hydrogen) atoms. The summed E-state index contributed by atoms with van der Waals surface area (Å²) in [6.45, 7) is 20.6. The third-order valence-electron chi connectivity index (χ3n) is 4.83. The second kappa shape index (κ2) is 9.89. The van der Waals surface area contributed by atoms with Crippen LogP contribution in [0.4, 0.5) is 0 Å². The van der Waals surface area contributed by atoms with Gasteiger partial charge in [0.05, 0.1) is 6.61 Å². The first kappa shape index (κ1) is 22.4. The molecule has 144 valence electrons. The van der Waals surface area contributed by atoms with Gasteiger partial charge >= 0.3 is 0 Å². The van der Waals surface area contributed by atoms with Gasteiger partial charge < -0.3 is 9.16 Å². The SMILES string of the molecule is CCOCC(CO[Si](C)(C)c1ccccc1C)(CC(C)C)CC(C)C. The van der Waals surface area contributed by atoms with Crippen LogP contribution in [0.25, 0.3) is 0 Å². The highest BCUT2D eigenvalue weighted by molar-refractivity contribution is 6.84. The van der Waals surface area contributed by atoms with Gasteiger partial charge in [0.2, 0.25) is 8.32 Å². The molecule has 0 saturated carbocycles. The highest BCUT2D eigenvalue weighted by atomic mass is 28.4. The molecule has 0 aliphatic heterocycles.